The van der Waals surface area contributed by atoms with Crippen LogP contribution < -0.4 is 5.73 Å². The van der Waals surface area contributed by atoms with Crippen LogP contribution in [0.2, 0.25) is 0 Å². The standard InChI is InChI=1S/C19H21N3O3/c1-24-19(23)16-12-22(11-13-6-3-2-4-7-13)25-17(16)14-8-5-9-15(10-14)18(20)21/h2-10,16-17H,11-12H2,1H3,(H3,20,21). The Morgan fingerprint density at radius 1 is 1.28 bits per heavy atom. The lowest BCUT2D eigenvalue weighted by molar-refractivity contribution is -0.161. The Balaban J connectivity index is 1.84. The summed E-state index contributed by atoms with van der Waals surface area (Å²) in [7, 11) is 1.38. The molecule has 0 aliphatic carbocycles. The SMILES string of the molecule is COC(=O)C1CN(Cc2ccccc2)OC1c1cccc(C(=N)N)c1. The van der Waals surface area contributed by atoms with Crippen molar-refractivity contribution in [2.75, 3.05) is 13.7 Å². The number of nitrogens with zero attached hydrogens (tertiary/aromatic N) is 1. The Bertz CT molecular complexity index is 764. The largest absolute Gasteiger partial charge is 0.469 e. The fraction of sp³-hybridized carbons (Fsp3) is 0.263. The molecule has 1 fully saturated rings. The second-order valence-electron chi connectivity index (χ2n) is 6.00. The van der Waals surface area contributed by atoms with E-state index in [2.05, 4.69) is 0 Å². The third kappa shape index (κ3) is 3.87. The first kappa shape index (κ1) is 17.1. The maximum Gasteiger partial charge on any atom is 0.313 e. The molecule has 2 aromatic rings. The summed E-state index contributed by atoms with van der Waals surface area (Å²) in [5, 5.41) is 9.38. The van der Waals surface area contributed by atoms with E-state index in [1.54, 1.807) is 17.2 Å². The minimum absolute atomic E-state index is 0.0180. The summed E-state index contributed by atoms with van der Waals surface area (Å²) < 4.78 is 4.95. The Morgan fingerprint density at radius 3 is 2.72 bits per heavy atom. The van der Waals surface area contributed by atoms with Gasteiger partial charge < -0.3 is 10.5 Å². The molecule has 2 unspecified atom stereocenters. The Kier molecular flexibility index (Phi) is 5.11. The molecule has 0 spiro atoms. The number of amidine groups is 1. The van der Waals surface area contributed by atoms with Gasteiger partial charge in [-0.1, -0.05) is 48.5 Å². The van der Waals surface area contributed by atoms with Crippen molar-refractivity contribution in [3.8, 4) is 0 Å². The number of hydroxylamine groups is 2. The number of methoxy groups -OCH3 is 1. The number of benzene rings is 2. The molecule has 0 aromatic heterocycles. The maximum absolute atomic E-state index is 12.2. The summed E-state index contributed by atoms with van der Waals surface area (Å²) in [5.74, 6) is -0.764. The van der Waals surface area contributed by atoms with Gasteiger partial charge in [0.25, 0.3) is 0 Å². The average Bonchev–Trinajstić information content (AvgIpc) is 3.06. The van der Waals surface area contributed by atoms with Crippen LogP contribution in [0.25, 0.3) is 0 Å². The van der Waals surface area contributed by atoms with Gasteiger partial charge in [-0.2, -0.15) is 5.06 Å². The molecule has 6 nitrogen and oxygen atoms in total. The van der Waals surface area contributed by atoms with E-state index in [-0.39, 0.29) is 11.8 Å². The number of nitrogens with two attached hydrogens (primary N) is 1. The summed E-state index contributed by atoms with van der Waals surface area (Å²) in [6.07, 6.45) is -0.463. The fourth-order valence-electron chi connectivity index (χ4n) is 3.01. The van der Waals surface area contributed by atoms with Gasteiger partial charge in [-0.15, -0.1) is 0 Å². The molecule has 1 saturated heterocycles. The molecule has 2 aromatic carbocycles. The minimum atomic E-state index is -0.463. The van der Waals surface area contributed by atoms with Crippen molar-refractivity contribution in [2.24, 2.45) is 11.7 Å². The third-order valence-corrected chi connectivity index (χ3v) is 4.26. The van der Waals surface area contributed by atoms with Crippen molar-refractivity contribution < 1.29 is 14.4 Å². The zero-order valence-corrected chi connectivity index (χ0v) is 14.0. The quantitative estimate of drug-likeness (QED) is 0.495. The highest BCUT2D eigenvalue weighted by molar-refractivity contribution is 5.95. The summed E-state index contributed by atoms with van der Waals surface area (Å²) >= 11 is 0. The first-order valence-corrected chi connectivity index (χ1v) is 8.06. The van der Waals surface area contributed by atoms with E-state index in [9.17, 15) is 4.79 Å². The van der Waals surface area contributed by atoms with Crippen molar-refractivity contribution in [2.45, 2.75) is 12.6 Å². The molecule has 3 rings (SSSR count). The van der Waals surface area contributed by atoms with Gasteiger partial charge >= 0.3 is 5.97 Å². The van der Waals surface area contributed by atoms with Gasteiger partial charge in [0.2, 0.25) is 0 Å². The first-order chi connectivity index (χ1) is 12.1. The van der Waals surface area contributed by atoms with E-state index in [0.717, 1.165) is 11.1 Å². The minimum Gasteiger partial charge on any atom is -0.469 e. The Morgan fingerprint density at radius 2 is 2.04 bits per heavy atom. The molecular weight excluding hydrogens is 318 g/mol. The lowest BCUT2D eigenvalue weighted by Gasteiger charge is -2.18. The molecule has 2 atom stereocenters. The normalized spacial score (nSPS) is 20.4. The van der Waals surface area contributed by atoms with Gasteiger partial charge in [0, 0.05) is 18.7 Å². The Labute approximate surface area is 146 Å². The van der Waals surface area contributed by atoms with Gasteiger partial charge in [0.1, 0.15) is 17.9 Å². The number of carbonyl (C=O) groups excluding carboxylic acids is 1. The zero-order valence-electron chi connectivity index (χ0n) is 14.0. The predicted octanol–water partition coefficient (Wildman–Crippen LogP) is 2.25. The van der Waals surface area contributed by atoms with Crippen LogP contribution in [0.3, 0.4) is 0 Å². The second kappa shape index (κ2) is 7.46. The Hall–Kier alpha value is -2.70. The second-order valence-corrected chi connectivity index (χ2v) is 6.00. The number of nitrogens with one attached hydrogen (secondary N) is 1. The summed E-state index contributed by atoms with van der Waals surface area (Å²) in [5.41, 5.74) is 8.08. The van der Waals surface area contributed by atoms with Crippen molar-refractivity contribution >= 4 is 11.8 Å². The summed E-state index contributed by atoms with van der Waals surface area (Å²) in [6.45, 7) is 1.02. The summed E-state index contributed by atoms with van der Waals surface area (Å²) in [4.78, 5) is 18.3. The molecule has 0 amide bonds. The van der Waals surface area contributed by atoms with Crippen LogP contribution in [0.5, 0.6) is 0 Å². The number of ether oxygens (including phenoxy) is 1. The van der Waals surface area contributed by atoms with Gasteiger partial charge in [-0.25, -0.2) is 0 Å². The van der Waals surface area contributed by atoms with Gasteiger partial charge in [0.15, 0.2) is 0 Å². The van der Waals surface area contributed by atoms with E-state index >= 15 is 0 Å². The number of nitrogen functional groups attached to an aromatic ring is 1. The third-order valence-electron chi connectivity index (χ3n) is 4.26. The first-order valence-electron chi connectivity index (χ1n) is 8.06. The van der Waals surface area contributed by atoms with Gasteiger partial charge in [-0.05, 0) is 17.2 Å². The molecule has 0 bridgehead atoms. The number of carbonyl (C=O) groups is 1. The predicted molar refractivity (Wildman–Crippen MR) is 93.6 cm³/mol. The molecule has 3 N–H and O–H groups in total. The van der Waals surface area contributed by atoms with E-state index in [1.165, 1.54) is 7.11 Å². The van der Waals surface area contributed by atoms with Crippen LogP contribution in [0.4, 0.5) is 0 Å². The molecule has 0 radical (unpaired) electrons. The van der Waals surface area contributed by atoms with Crippen LogP contribution in [0.15, 0.2) is 54.6 Å². The molecular formula is C19H21N3O3. The van der Waals surface area contributed by atoms with Crippen LogP contribution in [-0.2, 0) is 20.9 Å². The molecule has 130 valence electrons. The topological polar surface area (TPSA) is 88.6 Å². The van der Waals surface area contributed by atoms with Crippen LogP contribution in [0, 0.1) is 11.3 Å². The smallest absolute Gasteiger partial charge is 0.313 e. The van der Waals surface area contributed by atoms with Crippen LogP contribution in [0.1, 0.15) is 22.8 Å². The highest BCUT2D eigenvalue weighted by Crippen LogP contribution is 2.36. The molecule has 1 aliphatic rings. The van der Waals surface area contributed by atoms with Crippen molar-refractivity contribution in [1.29, 1.82) is 5.41 Å². The van der Waals surface area contributed by atoms with Crippen molar-refractivity contribution in [3.05, 3.63) is 71.3 Å². The highest BCUT2D eigenvalue weighted by Gasteiger charge is 2.41. The highest BCUT2D eigenvalue weighted by atomic mass is 16.7. The number of esters is 1. The average molecular weight is 339 g/mol. The van der Waals surface area contributed by atoms with E-state index in [4.69, 9.17) is 20.7 Å². The van der Waals surface area contributed by atoms with Crippen molar-refractivity contribution in [1.82, 2.24) is 5.06 Å². The molecule has 0 saturated carbocycles. The van der Waals surface area contributed by atoms with Gasteiger partial charge in [0.05, 0.1) is 7.11 Å². The van der Waals surface area contributed by atoms with Crippen LogP contribution >= 0.6 is 0 Å². The molecule has 1 heterocycles. The van der Waals surface area contributed by atoms with E-state index < -0.39 is 12.0 Å². The maximum atomic E-state index is 12.2. The van der Waals surface area contributed by atoms with E-state index in [0.29, 0.717) is 18.7 Å². The molecule has 25 heavy (non-hydrogen) atoms. The monoisotopic (exact) mass is 339 g/mol. The molecule has 6 heteroatoms. The fourth-order valence-corrected chi connectivity index (χ4v) is 3.01. The van der Waals surface area contributed by atoms with Crippen LogP contribution in [-0.4, -0.2) is 30.5 Å². The summed E-state index contributed by atoms with van der Waals surface area (Å²) in [6, 6.07) is 17.2. The van der Waals surface area contributed by atoms with Crippen molar-refractivity contribution in [3.63, 3.8) is 0 Å². The zero-order chi connectivity index (χ0) is 17.8. The van der Waals surface area contributed by atoms with E-state index in [1.807, 2.05) is 42.5 Å². The lowest BCUT2D eigenvalue weighted by atomic mass is 9.95. The number of hydrogen-bond donors (Lipinski definition) is 2. The molecule has 1 aliphatic heterocycles. The number of rotatable bonds is 5. The lowest BCUT2D eigenvalue weighted by Crippen LogP contribution is -2.24. The van der Waals surface area contributed by atoms with Gasteiger partial charge in [-0.3, -0.25) is 15.0 Å². The number of hydrogen-bond acceptors (Lipinski definition) is 5.